The van der Waals surface area contributed by atoms with Crippen molar-refractivity contribution >= 4 is 28.2 Å². The van der Waals surface area contributed by atoms with Crippen LogP contribution in [0.2, 0.25) is 5.02 Å². The Morgan fingerprint density at radius 1 is 1.03 bits per heavy atom. The molecule has 0 bridgehead atoms. The van der Waals surface area contributed by atoms with Gasteiger partial charge in [0.1, 0.15) is 17.7 Å². The number of halogens is 3. The number of hydrogen-bond acceptors (Lipinski definition) is 4. The van der Waals surface area contributed by atoms with Crippen LogP contribution in [0.4, 0.5) is 14.5 Å². The molecule has 0 aliphatic rings. The van der Waals surface area contributed by atoms with Crippen LogP contribution in [0.3, 0.4) is 0 Å². The fourth-order valence-corrected chi connectivity index (χ4v) is 3.87. The molecular weight excluding hydrogens is 434 g/mol. The lowest BCUT2D eigenvalue weighted by atomic mass is 9.99. The highest BCUT2D eigenvalue weighted by Crippen LogP contribution is 2.36. The third-order valence-electron chi connectivity index (χ3n) is 5.42. The van der Waals surface area contributed by atoms with Crippen molar-refractivity contribution in [2.45, 2.75) is 19.1 Å². The van der Waals surface area contributed by atoms with Crippen LogP contribution in [-0.2, 0) is 0 Å². The largest absolute Gasteiger partial charge is 0.393 e. The number of hydrogen-bond donors (Lipinski definition) is 3. The Balaban J connectivity index is 1.78. The molecule has 164 valence electrons. The van der Waals surface area contributed by atoms with E-state index < -0.39 is 24.6 Å². The van der Waals surface area contributed by atoms with Crippen LogP contribution in [-0.4, -0.2) is 21.8 Å². The van der Waals surface area contributed by atoms with E-state index in [1.54, 1.807) is 48.5 Å². The molecule has 3 aromatic carbocycles. The third-order valence-corrected chi connectivity index (χ3v) is 5.71. The van der Waals surface area contributed by atoms with Crippen molar-refractivity contribution in [3.63, 3.8) is 0 Å². The number of anilines is 1. The van der Waals surface area contributed by atoms with Crippen LogP contribution in [0.15, 0.2) is 66.9 Å². The van der Waals surface area contributed by atoms with Gasteiger partial charge in [-0.15, -0.1) is 0 Å². The maximum absolute atomic E-state index is 14.9. The van der Waals surface area contributed by atoms with Gasteiger partial charge in [0, 0.05) is 28.8 Å². The molecule has 0 saturated carbocycles. The van der Waals surface area contributed by atoms with Gasteiger partial charge >= 0.3 is 0 Å². The average Bonchev–Trinajstić information content (AvgIpc) is 2.80. The molecule has 32 heavy (non-hydrogen) atoms. The first-order chi connectivity index (χ1) is 15.4. The van der Waals surface area contributed by atoms with Crippen molar-refractivity contribution in [2.24, 2.45) is 0 Å². The Labute approximate surface area is 189 Å². The minimum Gasteiger partial charge on any atom is -0.393 e. The molecule has 4 nitrogen and oxygen atoms in total. The zero-order valence-corrected chi connectivity index (χ0v) is 17.9. The lowest BCUT2D eigenvalue weighted by Gasteiger charge is -2.19. The first kappa shape index (κ1) is 22.1. The summed E-state index contributed by atoms with van der Waals surface area (Å²) in [5, 5.41) is 23.0. The summed E-state index contributed by atoms with van der Waals surface area (Å²) in [5.74, 6) is -0.797. The second-order valence-electron chi connectivity index (χ2n) is 7.54. The quantitative estimate of drug-likeness (QED) is 0.332. The molecule has 4 aromatic rings. The molecule has 0 saturated heterocycles. The minimum atomic E-state index is -0.996. The molecule has 1 heterocycles. The van der Waals surface area contributed by atoms with E-state index in [-0.39, 0.29) is 5.82 Å². The van der Waals surface area contributed by atoms with Gasteiger partial charge in [-0.3, -0.25) is 4.98 Å². The third kappa shape index (κ3) is 4.30. The molecule has 0 aliphatic carbocycles. The van der Waals surface area contributed by atoms with Crippen LogP contribution in [0.5, 0.6) is 0 Å². The predicted molar refractivity (Wildman–Crippen MR) is 123 cm³/mol. The molecule has 3 N–H and O–H groups in total. The van der Waals surface area contributed by atoms with E-state index in [9.17, 15) is 13.9 Å². The lowest BCUT2D eigenvalue weighted by molar-refractivity contribution is 0.0956. The van der Waals surface area contributed by atoms with Gasteiger partial charge in [-0.1, -0.05) is 54.1 Å². The van der Waals surface area contributed by atoms with Gasteiger partial charge in [-0.2, -0.15) is 0 Å². The molecule has 0 amide bonds. The first-order valence-electron chi connectivity index (χ1n) is 10.1. The summed E-state index contributed by atoms with van der Waals surface area (Å²) in [4.78, 5) is 4.24. The van der Waals surface area contributed by atoms with E-state index in [2.05, 4.69) is 10.3 Å². The molecule has 2 atom stereocenters. The Kier molecular flexibility index (Phi) is 6.37. The molecular formula is C25H21ClF2N2O2. The molecule has 0 radical (unpaired) electrons. The van der Waals surface area contributed by atoms with E-state index in [1.165, 1.54) is 18.3 Å². The number of rotatable bonds is 6. The summed E-state index contributed by atoms with van der Waals surface area (Å²) in [6, 6.07) is 15.7. The van der Waals surface area contributed by atoms with Crippen molar-refractivity contribution in [3.05, 3.63) is 94.6 Å². The monoisotopic (exact) mass is 454 g/mol. The number of aliphatic hydroxyl groups is 2. The fraction of sp³-hybridized carbons (Fsp3) is 0.160. The Morgan fingerprint density at radius 3 is 2.44 bits per heavy atom. The Morgan fingerprint density at radius 2 is 1.75 bits per heavy atom. The van der Waals surface area contributed by atoms with Gasteiger partial charge in [-0.25, -0.2) is 8.78 Å². The second-order valence-corrected chi connectivity index (χ2v) is 7.95. The zero-order chi connectivity index (χ0) is 22.8. The maximum Gasteiger partial charge on any atom is 0.133 e. The number of pyridine rings is 1. The van der Waals surface area contributed by atoms with Crippen LogP contribution < -0.4 is 5.32 Å². The van der Waals surface area contributed by atoms with E-state index in [0.29, 0.717) is 43.9 Å². The van der Waals surface area contributed by atoms with Crippen molar-refractivity contribution in [3.8, 4) is 11.1 Å². The van der Waals surface area contributed by atoms with Gasteiger partial charge in [0.05, 0.1) is 28.9 Å². The highest BCUT2D eigenvalue weighted by Gasteiger charge is 2.17. The highest BCUT2D eigenvalue weighted by atomic mass is 35.5. The van der Waals surface area contributed by atoms with Crippen LogP contribution in [0.1, 0.15) is 30.2 Å². The number of nitrogens with zero attached hydrogens (tertiary/aromatic N) is 1. The number of nitrogens with one attached hydrogen (secondary N) is 1. The molecule has 2 unspecified atom stereocenters. The van der Waals surface area contributed by atoms with Crippen LogP contribution in [0.25, 0.3) is 22.0 Å². The van der Waals surface area contributed by atoms with Crippen molar-refractivity contribution < 1.29 is 19.0 Å². The normalized spacial score (nSPS) is 13.2. The van der Waals surface area contributed by atoms with Crippen molar-refractivity contribution in [1.82, 2.24) is 4.98 Å². The van der Waals surface area contributed by atoms with E-state index in [0.717, 1.165) is 0 Å². The van der Waals surface area contributed by atoms with Gasteiger partial charge in [0.2, 0.25) is 0 Å². The van der Waals surface area contributed by atoms with Crippen molar-refractivity contribution in [2.75, 3.05) is 11.9 Å². The van der Waals surface area contributed by atoms with Gasteiger partial charge < -0.3 is 15.5 Å². The Hall–Kier alpha value is -3.06. The SMILES string of the molecule is CC(Nc1c(Cl)cnc2cc(F)c(-c3ccc(C(O)CO)cc3)cc12)c1ccccc1F. The standard InChI is InChI=1S/C25H21ClF2N2O2/c1-14(17-4-2-3-5-21(17)27)30-25-19-10-18(22(28)11-23(19)29-12-20(25)26)15-6-8-16(9-7-15)24(32)13-31/h2-12,14,24,31-32H,13H2,1H3,(H,29,30). The Bertz CT molecular complexity index is 1270. The van der Waals surface area contributed by atoms with Gasteiger partial charge in [0.25, 0.3) is 0 Å². The van der Waals surface area contributed by atoms with Crippen molar-refractivity contribution in [1.29, 1.82) is 0 Å². The highest BCUT2D eigenvalue weighted by molar-refractivity contribution is 6.34. The smallest absolute Gasteiger partial charge is 0.133 e. The van der Waals surface area contributed by atoms with E-state index in [1.807, 2.05) is 6.92 Å². The number of fused-ring (bicyclic) bond motifs is 1. The zero-order valence-electron chi connectivity index (χ0n) is 17.2. The number of benzene rings is 3. The molecule has 7 heteroatoms. The second kappa shape index (κ2) is 9.20. The summed E-state index contributed by atoms with van der Waals surface area (Å²) in [5.41, 5.74) is 2.86. The fourth-order valence-electron chi connectivity index (χ4n) is 3.67. The summed E-state index contributed by atoms with van der Waals surface area (Å²) in [7, 11) is 0. The first-order valence-corrected chi connectivity index (χ1v) is 10.4. The van der Waals surface area contributed by atoms with Gasteiger partial charge in [-0.05, 0) is 30.2 Å². The molecule has 0 spiro atoms. The summed E-state index contributed by atoms with van der Waals surface area (Å²) in [6.07, 6.45) is 0.439. The topological polar surface area (TPSA) is 65.4 Å². The van der Waals surface area contributed by atoms with E-state index >= 15 is 0 Å². The molecule has 0 fully saturated rings. The summed E-state index contributed by atoms with van der Waals surface area (Å²) < 4.78 is 29.2. The summed E-state index contributed by atoms with van der Waals surface area (Å²) in [6.45, 7) is 1.42. The molecule has 4 rings (SSSR count). The number of aliphatic hydroxyl groups excluding tert-OH is 2. The average molecular weight is 455 g/mol. The van der Waals surface area contributed by atoms with Crippen LogP contribution >= 0.6 is 11.6 Å². The summed E-state index contributed by atoms with van der Waals surface area (Å²) >= 11 is 6.42. The van der Waals surface area contributed by atoms with Crippen LogP contribution in [0, 0.1) is 11.6 Å². The van der Waals surface area contributed by atoms with E-state index in [4.69, 9.17) is 16.7 Å². The van der Waals surface area contributed by atoms with Gasteiger partial charge in [0.15, 0.2) is 0 Å². The lowest BCUT2D eigenvalue weighted by Crippen LogP contribution is -2.09. The minimum absolute atomic E-state index is 0.327. The number of aromatic nitrogens is 1. The predicted octanol–water partition coefficient (Wildman–Crippen LogP) is 6.03. The maximum atomic E-state index is 14.9. The molecule has 0 aliphatic heterocycles. The molecule has 1 aromatic heterocycles.